The number of carbonyl (C=O) groups excluding carboxylic acids is 1. The van der Waals surface area contributed by atoms with Crippen molar-refractivity contribution in [3.8, 4) is 17.2 Å². The van der Waals surface area contributed by atoms with Gasteiger partial charge < -0.3 is 14.8 Å². The fraction of sp³-hybridized carbons (Fsp3) is 0.160. The van der Waals surface area contributed by atoms with E-state index < -0.39 is 0 Å². The zero-order valence-electron chi connectivity index (χ0n) is 18.5. The molecule has 0 radical (unpaired) electrons. The molecule has 0 unspecified atom stereocenters. The molecule has 1 amide bonds. The molecule has 2 aromatic heterocycles. The molecule has 2 aromatic carbocycles. The molecule has 4 aromatic rings. The summed E-state index contributed by atoms with van der Waals surface area (Å²) >= 11 is 0. The van der Waals surface area contributed by atoms with Crippen LogP contribution in [0.25, 0.3) is 5.69 Å². The second kappa shape index (κ2) is 9.52. The third kappa shape index (κ3) is 4.85. The van der Waals surface area contributed by atoms with E-state index in [0.29, 0.717) is 46.4 Å². The average Bonchev–Trinajstić information content (AvgIpc) is 3.12. The fourth-order valence-corrected chi connectivity index (χ4v) is 3.51. The number of aromatic nitrogens is 3. The first-order chi connectivity index (χ1) is 16.0. The van der Waals surface area contributed by atoms with Crippen LogP contribution in [0.2, 0.25) is 0 Å². The number of benzene rings is 2. The van der Waals surface area contributed by atoms with E-state index in [-0.39, 0.29) is 11.7 Å². The number of pyridine rings is 1. The lowest BCUT2D eigenvalue weighted by Crippen LogP contribution is -2.14. The van der Waals surface area contributed by atoms with Crippen molar-refractivity contribution in [3.05, 3.63) is 95.3 Å². The van der Waals surface area contributed by atoms with Crippen LogP contribution in [0.5, 0.6) is 11.5 Å². The number of hydrogen-bond donors (Lipinski definition) is 1. The van der Waals surface area contributed by atoms with Crippen molar-refractivity contribution in [2.75, 3.05) is 12.4 Å². The molecular formula is C25H23FN4O3. The predicted molar refractivity (Wildman–Crippen MR) is 123 cm³/mol. The van der Waals surface area contributed by atoms with Crippen LogP contribution < -0.4 is 14.8 Å². The Morgan fingerprint density at radius 1 is 1.03 bits per heavy atom. The number of hydrogen-bond acceptors (Lipinski definition) is 5. The zero-order valence-corrected chi connectivity index (χ0v) is 18.5. The summed E-state index contributed by atoms with van der Waals surface area (Å²) < 4.78 is 26.2. The van der Waals surface area contributed by atoms with E-state index in [1.165, 1.54) is 12.1 Å². The maximum Gasteiger partial charge on any atom is 0.259 e. The molecule has 0 bridgehead atoms. The molecule has 0 spiro atoms. The maximum atomic E-state index is 13.3. The van der Waals surface area contributed by atoms with E-state index in [1.807, 2.05) is 12.1 Å². The molecule has 33 heavy (non-hydrogen) atoms. The molecule has 7 nitrogen and oxygen atoms in total. The van der Waals surface area contributed by atoms with Crippen LogP contribution >= 0.6 is 0 Å². The minimum atomic E-state index is -0.334. The van der Waals surface area contributed by atoms with Gasteiger partial charge in [0.1, 0.15) is 12.4 Å². The quantitative estimate of drug-likeness (QED) is 0.439. The van der Waals surface area contributed by atoms with Crippen LogP contribution in [0.4, 0.5) is 10.1 Å². The first-order valence-electron chi connectivity index (χ1n) is 10.3. The molecule has 8 heteroatoms. The number of carbonyl (C=O) groups is 1. The van der Waals surface area contributed by atoms with Gasteiger partial charge in [0.25, 0.3) is 5.91 Å². The van der Waals surface area contributed by atoms with Crippen molar-refractivity contribution in [2.24, 2.45) is 0 Å². The molecule has 2 heterocycles. The second-order valence-corrected chi connectivity index (χ2v) is 7.40. The highest BCUT2D eigenvalue weighted by Crippen LogP contribution is 2.31. The van der Waals surface area contributed by atoms with Crippen molar-refractivity contribution in [1.29, 1.82) is 0 Å². The van der Waals surface area contributed by atoms with Crippen molar-refractivity contribution in [1.82, 2.24) is 14.8 Å². The number of amides is 1. The van der Waals surface area contributed by atoms with Gasteiger partial charge in [0, 0.05) is 24.1 Å². The average molecular weight is 446 g/mol. The summed E-state index contributed by atoms with van der Waals surface area (Å²) in [5, 5.41) is 7.37. The van der Waals surface area contributed by atoms with Crippen LogP contribution in [-0.2, 0) is 6.61 Å². The smallest absolute Gasteiger partial charge is 0.259 e. The number of rotatable bonds is 7. The predicted octanol–water partition coefficient (Wildman–Crippen LogP) is 4.86. The molecule has 4 rings (SSSR count). The number of methoxy groups -OCH3 is 1. The minimum absolute atomic E-state index is 0.302. The lowest BCUT2D eigenvalue weighted by atomic mass is 10.1. The highest BCUT2D eigenvalue weighted by atomic mass is 19.1. The molecule has 0 atom stereocenters. The van der Waals surface area contributed by atoms with Gasteiger partial charge in [-0.25, -0.2) is 9.07 Å². The van der Waals surface area contributed by atoms with Gasteiger partial charge in [-0.3, -0.25) is 9.78 Å². The third-order valence-electron chi connectivity index (χ3n) is 5.15. The van der Waals surface area contributed by atoms with E-state index in [0.717, 1.165) is 5.56 Å². The number of anilines is 1. The van der Waals surface area contributed by atoms with Crippen molar-refractivity contribution in [2.45, 2.75) is 20.5 Å². The first-order valence-corrected chi connectivity index (χ1v) is 10.3. The Morgan fingerprint density at radius 3 is 2.45 bits per heavy atom. The lowest BCUT2D eigenvalue weighted by molar-refractivity contribution is 0.102. The highest BCUT2D eigenvalue weighted by molar-refractivity contribution is 6.06. The van der Waals surface area contributed by atoms with Crippen LogP contribution in [0.3, 0.4) is 0 Å². The summed E-state index contributed by atoms with van der Waals surface area (Å²) in [5.41, 5.74) is 3.86. The molecule has 0 fully saturated rings. The zero-order chi connectivity index (χ0) is 23.4. The second-order valence-electron chi connectivity index (χ2n) is 7.40. The van der Waals surface area contributed by atoms with Crippen LogP contribution in [0.15, 0.2) is 67.0 Å². The Kier molecular flexibility index (Phi) is 6.35. The summed E-state index contributed by atoms with van der Waals surface area (Å²) in [5.74, 6) is 0.421. The molecule has 0 saturated carbocycles. The van der Waals surface area contributed by atoms with Crippen LogP contribution in [0.1, 0.15) is 27.3 Å². The Balaban J connectivity index is 1.55. The number of nitrogens with zero attached hydrogens (tertiary/aromatic N) is 3. The number of aryl methyl sites for hydroxylation is 1. The molecule has 0 aliphatic rings. The first kappa shape index (κ1) is 22.0. The minimum Gasteiger partial charge on any atom is -0.493 e. The fourth-order valence-electron chi connectivity index (χ4n) is 3.51. The van der Waals surface area contributed by atoms with Gasteiger partial charge in [-0.2, -0.15) is 5.10 Å². The number of nitrogens with one attached hydrogen (secondary N) is 1. The largest absolute Gasteiger partial charge is 0.493 e. The highest BCUT2D eigenvalue weighted by Gasteiger charge is 2.20. The monoisotopic (exact) mass is 446 g/mol. The van der Waals surface area contributed by atoms with Gasteiger partial charge in [0.15, 0.2) is 11.5 Å². The van der Waals surface area contributed by atoms with Crippen molar-refractivity contribution in [3.63, 3.8) is 0 Å². The van der Waals surface area contributed by atoms with Gasteiger partial charge in [0.2, 0.25) is 0 Å². The maximum absolute atomic E-state index is 13.3. The van der Waals surface area contributed by atoms with Crippen LogP contribution in [0, 0.1) is 19.7 Å². The van der Waals surface area contributed by atoms with E-state index in [9.17, 15) is 9.18 Å². The molecule has 0 aliphatic heterocycles. The van der Waals surface area contributed by atoms with E-state index in [2.05, 4.69) is 15.4 Å². The van der Waals surface area contributed by atoms with Gasteiger partial charge in [-0.05, 0) is 67.9 Å². The normalized spacial score (nSPS) is 10.7. The van der Waals surface area contributed by atoms with E-state index in [1.54, 1.807) is 68.4 Å². The Labute approximate surface area is 190 Å². The van der Waals surface area contributed by atoms with Gasteiger partial charge >= 0.3 is 0 Å². The molecule has 0 aliphatic carbocycles. The van der Waals surface area contributed by atoms with Gasteiger partial charge in [-0.15, -0.1) is 0 Å². The Morgan fingerprint density at radius 2 is 1.76 bits per heavy atom. The van der Waals surface area contributed by atoms with Gasteiger partial charge in [0.05, 0.1) is 29.7 Å². The third-order valence-corrected chi connectivity index (χ3v) is 5.15. The molecular weight excluding hydrogens is 423 g/mol. The van der Waals surface area contributed by atoms with Gasteiger partial charge in [-0.1, -0.05) is 0 Å². The summed E-state index contributed by atoms with van der Waals surface area (Å²) in [4.78, 5) is 17.1. The molecule has 168 valence electrons. The van der Waals surface area contributed by atoms with Crippen molar-refractivity contribution >= 4 is 11.6 Å². The van der Waals surface area contributed by atoms with Crippen LogP contribution in [-0.4, -0.2) is 27.8 Å². The standard InChI is InChI=1S/C25H23FN4O3/c1-16-24(17(2)30(29-16)21-7-4-19(26)5-8-21)25(31)28-20-6-9-22(32-3)23(14-20)33-15-18-10-12-27-13-11-18/h4-14H,15H2,1-3H3,(H,28,31). The van der Waals surface area contributed by atoms with Crippen molar-refractivity contribution < 1.29 is 18.7 Å². The van der Waals surface area contributed by atoms with E-state index in [4.69, 9.17) is 9.47 Å². The SMILES string of the molecule is COc1ccc(NC(=O)c2c(C)nn(-c3ccc(F)cc3)c2C)cc1OCc1ccncc1. The lowest BCUT2D eigenvalue weighted by Gasteiger charge is -2.13. The van der Waals surface area contributed by atoms with E-state index >= 15 is 0 Å². The molecule has 1 N–H and O–H groups in total. The number of halogens is 1. The summed E-state index contributed by atoms with van der Waals surface area (Å²) in [6.07, 6.45) is 3.40. The summed E-state index contributed by atoms with van der Waals surface area (Å²) in [6, 6.07) is 14.9. The molecule has 0 saturated heterocycles. The summed E-state index contributed by atoms with van der Waals surface area (Å²) in [6.45, 7) is 3.90. The Hall–Kier alpha value is -4.20. The summed E-state index contributed by atoms with van der Waals surface area (Å²) in [7, 11) is 1.56. The number of ether oxygens (including phenoxy) is 2. The Bertz CT molecular complexity index is 1270. The topological polar surface area (TPSA) is 78.3 Å².